The van der Waals surface area contributed by atoms with Crippen LogP contribution in [0.2, 0.25) is 0 Å². The highest BCUT2D eigenvalue weighted by Gasteiger charge is 2.36. The molecule has 7 heteroatoms. The van der Waals surface area contributed by atoms with Gasteiger partial charge >= 0.3 is 6.18 Å². The van der Waals surface area contributed by atoms with Gasteiger partial charge in [0.15, 0.2) is 6.10 Å². The lowest BCUT2D eigenvalue weighted by molar-refractivity contribution is -0.214. The number of carbonyl (C=O) groups excluding carboxylic acids is 1. The second kappa shape index (κ2) is 6.42. The number of rotatable bonds is 5. The lowest BCUT2D eigenvalue weighted by atomic mass is 10.2. The van der Waals surface area contributed by atoms with Gasteiger partial charge in [-0.1, -0.05) is 6.07 Å². The van der Waals surface area contributed by atoms with E-state index in [2.05, 4.69) is 10.1 Å². The molecule has 0 bridgehead atoms. The van der Waals surface area contributed by atoms with Crippen LogP contribution in [-0.2, 0) is 9.53 Å². The summed E-state index contributed by atoms with van der Waals surface area (Å²) in [4.78, 5) is 11.4. The van der Waals surface area contributed by atoms with Gasteiger partial charge in [-0.25, -0.2) is 0 Å². The zero-order valence-electron chi connectivity index (χ0n) is 10.3. The summed E-state index contributed by atoms with van der Waals surface area (Å²) in [5, 5.41) is 2.52. The lowest BCUT2D eigenvalue weighted by Gasteiger charge is -2.16. The number of ether oxygens (including phenoxy) is 1. The first-order valence-electron chi connectivity index (χ1n) is 5.63. The molecule has 1 rings (SSSR count). The van der Waals surface area contributed by atoms with Gasteiger partial charge in [-0.05, 0) is 25.1 Å². The Balaban J connectivity index is 2.33. The van der Waals surface area contributed by atoms with Crippen molar-refractivity contribution in [1.29, 1.82) is 0 Å². The Morgan fingerprint density at radius 1 is 1.47 bits per heavy atom. The largest absolute Gasteiger partial charge is 0.414 e. The van der Waals surface area contributed by atoms with Gasteiger partial charge < -0.3 is 15.8 Å². The summed E-state index contributed by atoms with van der Waals surface area (Å²) >= 11 is 0. The van der Waals surface area contributed by atoms with E-state index in [1.54, 1.807) is 24.3 Å². The number of nitrogens with two attached hydrogens (primary N) is 1. The number of alkyl halides is 3. The molecule has 1 atom stereocenters. The normalized spacial score (nSPS) is 13.1. The molecule has 1 unspecified atom stereocenters. The number of amides is 1. The molecule has 0 aliphatic carbocycles. The molecule has 1 aromatic carbocycles. The zero-order valence-corrected chi connectivity index (χ0v) is 10.3. The molecule has 0 heterocycles. The van der Waals surface area contributed by atoms with Gasteiger partial charge in [0, 0.05) is 11.4 Å². The number of halogens is 3. The van der Waals surface area contributed by atoms with Crippen molar-refractivity contribution in [3.05, 3.63) is 24.3 Å². The van der Waals surface area contributed by atoms with E-state index < -0.39 is 18.2 Å². The Morgan fingerprint density at radius 2 is 2.16 bits per heavy atom. The molecule has 0 aliphatic heterocycles. The van der Waals surface area contributed by atoms with Gasteiger partial charge in [-0.3, -0.25) is 4.79 Å². The van der Waals surface area contributed by atoms with Gasteiger partial charge in [0.25, 0.3) is 0 Å². The van der Waals surface area contributed by atoms with Crippen LogP contribution < -0.4 is 11.1 Å². The van der Waals surface area contributed by atoms with Crippen LogP contribution in [0.3, 0.4) is 0 Å². The summed E-state index contributed by atoms with van der Waals surface area (Å²) in [5.41, 5.74) is 6.50. The average molecular weight is 276 g/mol. The molecule has 0 aliphatic rings. The van der Waals surface area contributed by atoms with E-state index >= 15 is 0 Å². The predicted octanol–water partition coefficient (Wildman–Crippen LogP) is 2.56. The Hall–Kier alpha value is -1.76. The first kappa shape index (κ1) is 15.3. The SMILES string of the molecule is CC(OCCC(=O)Nc1cccc(N)c1)C(F)(F)F. The van der Waals surface area contributed by atoms with Crippen LogP contribution >= 0.6 is 0 Å². The van der Waals surface area contributed by atoms with Gasteiger partial charge in [-0.2, -0.15) is 13.2 Å². The minimum atomic E-state index is -4.41. The Morgan fingerprint density at radius 3 is 2.74 bits per heavy atom. The van der Waals surface area contributed by atoms with Crippen LogP contribution in [0.1, 0.15) is 13.3 Å². The number of carbonyl (C=O) groups is 1. The minimum absolute atomic E-state index is 0.158. The molecule has 19 heavy (non-hydrogen) atoms. The van der Waals surface area contributed by atoms with Gasteiger partial charge in [0.05, 0.1) is 13.0 Å². The van der Waals surface area contributed by atoms with Crippen molar-refractivity contribution >= 4 is 17.3 Å². The van der Waals surface area contributed by atoms with Crippen LogP contribution in [0, 0.1) is 0 Å². The molecule has 0 spiro atoms. The van der Waals surface area contributed by atoms with Crippen LogP contribution in [0.15, 0.2) is 24.3 Å². The number of hydrogen-bond donors (Lipinski definition) is 2. The minimum Gasteiger partial charge on any atom is -0.399 e. The summed E-state index contributed by atoms with van der Waals surface area (Å²) in [6, 6.07) is 6.50. The van der Waals surface area contributed by atoms with E-state index in [9.17, 15) is 18.0 Å². The van der Waals surface area contributed by atoms with Crippen molar-refractivity contribution in [2.75, 3.05) is 17.7 Å². The van der Waals surface area contributed by atoms with E-state index in [0.29, 0.717) is 11.4 Å². The first-order chi connectivity index (χ1) is 8.79. The maximum atomic E-state index is 12.1. The van der Waals surface area contributed by atoms with Crippen molar-refractivity contribution in [3.8, 4) is 0 Å². The third kappa shape index (κ3) is 5.60. The van der Waals surface area contributed by atoms with Crippen molar-refractivity contribution in [3.63, 3.8) is 0 Å². The molecule has 0 radical (unpaired) electrons. The van der Waals surface area contributed by atoms with Crippen molar-refractivity contribution in [2.45, 2.75) is 25.6 Å². The van der Waals surface area contributed by atoms with Gasteiger partial charge in [-0.15, -0.1) is 0 Å². The third-order valence-corrected chi connectivity index (χ3v) is 2.33. The van der Waals surface area contributed by atoms with Crippen molar-refractivity contribution < 1.29 is 22.7 Å². The third-order valence-electron chi connectivity index (χ3n) is 2.33. The number of anilines is 2. The van der Waals surface area contributed by atoms with Crippen molar-refractivity contribution in [2.24, 2.45) is 0 Å². The highest BCUT2D eigenvalue weighted by Crippen LogP contribution is 2.22. The molecule has 0 saturated heterocycles. The highest BCUT2D eigenvalue weighted by atomic mass is 19.4. The molecule has 0 saturated carbocycles. The maximum Gasteiger partial charge on any atom is 0.414 e. The fourth-order valence-corrected chi connectivity index (χ4v) is 1.26. The average Bonchev–Trinajstić information content (AvgIpc) is 2.27. The summed E-state index contributed by atoms with van der Waals surface area (Å²) < 4.78 is 40.9. The fraction of sp³-hybridized carbons (Fsp3) is 0.417. The fourth-order valence-electron chi connectivity index (χ4n) is 1.26. The van der Waals surface area contributed by atoms with Crippen LogP contribution in [0.5, 0.6) is 0 Å². The molecule has 1 amide bonds. The standard InChI is InChI=1S/C12H15F3N2O2/c1-8(12(13,14)15)19-6-5-11(18)17-10-4-2-3-9(16)7-10/h2-4,7-8H,5-6,16H2,1H3,(H,17,18). The summed E-state index contributed by atoms with van der Waals surface area (Å²) in [6.45, 7) is 0.602. The maximum absolute atomic E-state index is 12.1. The van der Waals surface area contributed by atoms with Crippen LogP contribution in [0.4, 0.5) is 24.5 Å². The van der Waals surface area contributed by atoms with Crippen LogP contribution in [-0.4, -0.2) is 24.8 Å². The molecule has 3 N–H and O–H groups in total. The molecular weight excluding hydrogens is 261 g/mol. The predicted molar refractivity (Wildman–Crippen MR) is 65.6 cm³/mol. The summed E-state index contributed by atoms with van der Waals surface area (Å²) in [5.74, 6) is -0.431. The van der Waals surface area contributed by atoms with E-state index in [1.165, 1.54) is 0 Å². The Bertz CT molecular complexity index is 435. The molecule has 0 aromatic heterocycles. The zero-order chi connectivity index (χ0) is 14.5. The lowest BCUT2D eigenvalue weighted by Crippen LogP contribution is -2.29. The van der Waals surface area contributed by atoms with Gasteiger partial charge in [0.1, 0.15) is 0 Å². The monoisotopic (exact) mass is 276 g/mol. The molecule has 106 valence electrons. The van der Waals surface area contributed by atoms with E-state index in [0.717, 1.165) is 6.92 Å². The first-order valence-corrected chi connectivity index (χ1v) is 5.63. The molecule has 4 nitrogen and oxygen atoms in total. The second-order valence-electron chi connectivity index (χ2n) is 3.98. The second-order valence-corrected chi connectivity index (χ2v) is 3.98. The molecule has 1 aromatic rings. The summed E-state index contributed by atoms with van der Waals surface area (Å²) in [7, 11) is 0. The van der Waals surface area contributed by atoms with Crippen molar-refractivity contribution in [1.82, 2.24) is 0 Å². The molecular formula is C12H15F3N2O2. The smallest absolute Gasteiger partial charge is 0.399 e. The summed E-state index contributed by atoms with van der Waals surface area (Å²) in [6.07, 6.45) is -6.45. The van der Waals surface area contributed by atoms with E-state index in [1.807, 2.05) is 0 Å². The van der Waals surface area contributed by atoms with Gasteiger partial charge in [0.2, 0.25) is 5.91 Å². The number of nitrogen functional groups attached to an aromatic ring is 1. The quantitative estimate of drug-likeness (QED) is 0.812. The van der Waals surface area contributed by atoms with Crippen LogP contribution in [0.25, 0.3) is 0 Å². The number of nitrogens with one attached hydrogen (secondary N) is 1. The number of hydrogen-bond acceptors (Lipinski definition) is 3. The Labute approximate surface area is 108 Å². The van der Waals surface area contributed by atoms with E-state index in [4.69, 9.17) is 5.73 Å². The highest BCUT2D eigenvalue weighted by molar-refractivity contribution is 5.91. The molecule has 0 fully saturated rings. The van der Waals surface area contributed by atoms with E-state index in [-0.39, 0.29) is 13.0 Å². The Kier molecular flexibility index (Phi) is 5.17. The number of benzene rings is 1. The topological polar surface area (TPSA) is 64.3 Å².